The summed E-state index contributed by atoms with van der Waals surface area (Å²) in [5.41, 5.74) is -1.27. The summed E-state index contributed by atoms with van der Waals surface area (Å²) in [6.45, 7) is 4.89. The highest BCUT2D eigenvalue weighted by atomic mass is 16.7. The zero-order valence-electron chi connectivity index (χ0n) is 22.7. The summed E-state index contributed by atoms with van der Waals surface area (Å²) in [4.78, 5) is 0. The van der Waals surface area contributed by atoms with Crippen LogP contribution in [0, 0.1) is 13.8 Å². The number of hydrogen-bond acceptors (Lipinski definition) is 12. The van der Waals surface area contributed by atoms with Crippen LogP contribution < -0.4 is 9.47 Å². The molecule has 2 aliphatic heterocycles. The molecule has 0 aliphatic carbocycles. The van der Waals surface area contributed by atoms with Crippen LogP contribution >= 0.6 is 0 Å². The summed E-state index contributed by atoms with van der Waals surface area (Å²) < 4.78 is 23.0. The maximum atomic E-state index is 10.8. The van der Waals surface area contributed by atoms with E-state index in [-0.39, 0.29) is 0 Å². The second-order valence-corrected chi connectivity index (χ2v) is 10.9. The third-order valence-electron chi connectivity index (χ3n) is 7.70. The van der Waals surface area contributed by atoms with E-state index in [2.05, 4.69) is 0 Å². The van der Waals surface area contributed by atoms with E-state index in [4.69, 9.17) is 18.9 Å². The molecule has 2 fully saturated rings. The molecule has 8 N–H and O–H groups in total. The summed E-state index contributed by atoms with van der Waals surface area (Å²) in [5, 5.41) is 81.7. The van der Waals surface area contributed by atoms with E-state index in [9.17, 15) is 40.9 Å². The van der Waals surface area contributed by atoms with Crippen molar-refractivity contribution in [1.29, 1.82) is 0 Å². The molecular formula is C28H38O12. The third kappa shape index (κ3) is 5.57. The van der Waals surface area contributed by atoms with Gasteiger partial charge in [-0.1, -0.05) is 24.3 Å². The van der Waals surface area contributed by atoms with Gasteiger partial charge in [0.25, 0.3) is 0 Å². The van der Waals surface area contributed by atoms with Gasteiger partial charge >= 0.3 is 0 Å². The average Bonchev–Trinajstić information content (AvgIpc) is 2.92. The lowest BCUT2D eigenvalue weighted by atomic mass is 9.88. The first-order valence-electron chi connectivity index (χ1n) is 13.0. The Morgan fingerprint density at radius 1 is 0.675 bits per heavy atom. The predicted molar refractivity (Wildman–Crippen MR) is 139 cm³/mol. The van der Waals surface area contributed by atoms with Gasteiger partial charge in [-0.2, -0.15) is 0 Å². The fourth-order valence-corrected chi connectivity index (χ4v) is 4.77. The maximum absolute atomic E-state index is 10.8. The average molecular weight is 567 g/mol. The minimum atomic E-state index is -1.99. The Hall–Kier alpha value is -2.36. The molecule has 2 aliphatic rings. The van der Waals surface area contributed by atoms with Gasteiger partial charge in [0.2, 0.25) is 12.6 Å². The van der Waals surface area contributed by atoms with Crippen molar-refractivity contribution in [3.63, 3.8) is 0 Å². The van der Waals surface area contributed by atoms with E-state index in [1.165, 1.54) is 13.8 Å². The Labute approximate surface area is 231 Å². The second kappa shape index (κ2) is 11.5. The fourth-order valence-electron chi connectivity index (χ4n) is 4.77. The quantitative estimate of drug-likeness (QED) is 0.206. The summed E-state index contributed by atoms with van der Waals surface area (Å²) in [7, 11) is 0. The molecule has 0 amide bonds. The highest BCUT2D eigenvalue weighted by molar-refractivity contribution is 5.68. The van der Waals surface area contributed by atoms with Crippen molar-refractivity contribution in [2.45, 2.75) is 88.1 Å². The van der Waals surface area contributed by atoms with Crippen molar-refractivity contribution in [2.75, 3.05) is 13.2 Å². The number of aliphatic hydroxyl groups excluding tert-OH is 6. The molecule has 40 heavy (non-hydrogen) atoms. The van der Waals surface area contributed by atoms with Gasteiger partial charge < -0.3 is 59.8 Å². The second-order valence-electron chi connectivity index (χ2n) is 10.9. The van der Waals surface area contributed by atoms with Gasteiger partial charge in [-0.3, -0.25) is 0 Å². The summed E-state index contributed by atoms with van der Waals surface area (Å²) in [6.07, 6.45) is -11.4. The molecule has 4 rings (SSSR count). The van der Waals surface area contributed by atoms with Crippen LogP contribution in [-0.2, 0) is 9.47 Å². The SMILES string of the molecule is Cc1ccc(-c2ccc(C)c(O[C@H]3O[C@H](CO)[C@@H](O)[C@H](O)[C@]3(C)O)c2)cc1O[C@H]1O[C@H](CO)[C@@H](O)[C@H](O)[C@]1(C)O. The Bertz CT molecular complexity index is 1090. The molecular weight excluding hydrogens is 528 g/mol. The normalized spacial score (nSPS) is 38.2. The summed E-state index contributed by atoms with van der Waals surface area (Å²) in [5.74, 6) is 0.625. The lowest BCUT2D eigenvalue weighted by molar-refractivity contribution is -0.315. The van der Waals surface area contributed by atoms with Gasteiger partial charge in [0, 0.05) is 0 Å². The van der Waals surface area contributed by atoms with Crippen molar-refractivity contribution >= 4 is 0 Å². The van der Waals surface area contributed by atoms with E-state index >= 15 is 0 Å². The number of rotatable bonds is 7. The van der Waals surface area contributed by atoms with Crippen molar-refractivity contribution in [3.8, 4) is 22.6 Å². The molecule has 0 aromatic heterocycles. The zero-order valence-corrected chi connectivity index (χ0v) is 22.7. The van der Waals surface area contributed by atoms with Crippen LogP contribution in [0.1, 0.15) is 25.0 Å². The van der Waals surface area contributed by atoms with Gasteiger partial charge in [0.05, 0.1) is 13.2 Å². The highest BCUT2D eigenvalue weighted by Gasteiger charge is 2.54. The van der Waals surface area contributed by atoms with E-state index in [0.29, 0.717) is 33.8 Å². The molecule has 2 aromatic carbocycles. The molecule has 2 saturated heterocycles. The van der Waals surface area contributed by atoms with Crippen LogP contribution in [0.4, 0.5) is 0 Å². The Morgan fingerprint density at radius 3 is 1.35 bits per heavy atom. The molecule has 12 heteroatoms. The summed E-state index contributed by atoms with van der Waals surface area (Å²) in [6, 6.07) is 10.6. The van der Waals surface area contributed by atoms with Crippen molar-refractivity contribution < 1.29 is 59.8 Å². The van der Waals surface area contributed by atoms with E-state index in [0.717, 1.165) is 0 Å². The third-order valence-corrected chi connectivity index (χ3v) is 7.70. The maximum Gasteiger partial charge on any atom is 0.231 e. The number of hydrogen-bond donors (Lipinski definition) is 8. The molecule has 0 saturated carbocycles. The fraction of sp³-hybridized carbons (Fsp3) is 0.571. The van der Waals surface area contributed by atoms with Crippen LogP contribution in [0.15, 0.2) is 36.4 Å². The summed E-state index contributed by atoms with van der Waals surface area (Å²) >= 11 is 0. The van der Waals surface area contributed by atoms with Gasteiger partial charge in [-0.25, -0.2) is 0 Å². The lowest BCUT2D eigenvalue weighted by Gasteiger charge is -2.46. The van der Waals surface area contributed by atoms with Gasteiger partial charge in [-0.05, 0) is 62.1 Å². The van der Waals surface area contributed by atoms with Crippen LogP contribution in [0.25, 0.3) is 11.1 Å². The molecule has 0 radical (unpaired) electrons. The smallest absolute Gasteiger partial charge is 0.231 e. The lowest BCUT2D eigenvalue weighted by Crippen LogP contribution is -2.66. The van der Waals surface area contributed by atoms with Gasteiger partial charge in [0.15, 0.2) is 11.2 Å². The monoisotopic (exact) mass is 566 g/mol. The highest BCUT2D eigenvalue weighted by Crippen LogP contribution is 2.37. The van der Waals surface area contributed by atoms with E-state index in [1.54, 1.807) is 38.1 Å². The van der Waals surface area contributed by atoms with Gasteiger partial charge in [0.1, 0.15) is 48.1 Å². The van der Waals surface area contributed by atoms with Gasteiger partial charge in [-0.15, -0.1) is 0 Å². The Balaban J connectivity index is 1.61. The molecule has 0 spiro atoms. The zero-order chi connectivity index (χ0) is 29.6. The predicted octanol–water partition coefficient (Wildman–Crippen LogP) is -0.892. The molecule has 2 heterocycles. The minimum Gasteiger partial charge on any atom is -0.461 e. The van der Waals surface area contributed by atoms with Crippen molar-refractivity contribution in [1.82, 2.24) is 0 Å². The first-order valence-corrected chi connectivity index (χ1v) is 13.0. The molecule has 10 atom stereocenters. The number of ether oxygens (including phenoxy) is 4. The largest absolute Gasteiger partial charge is 0.461 e. The minimum absolute atomic E-state index is 0.313. The standard InChI is InChI=1S/C28H38O12/c1-13-5-7-15(9-17(13)37-25-27(3,35)23(33)21(31)19(11-29)39-25)16-8-6-14(2)18(10-16)38-26-28(4,36)24(34)22(32)20(12-30)40-26/h5-10,19-26,29-36H,11-12H2,1-4H3/t19-,20-,21-,22-,23+,24+,25+,26+,27+,28+/m1/s1. The number of aliphatic hydroxyl groups is 8. The van der Waals surface area contributed by atoms with Crippen molar-refractivity contribution in [3.05, 3.63) is 47.5 Å². The van der Waals surface area contributed by atoms with Crippen LogP contribution in [0.2, 0.25) is 0 Å². The topological polar surface area (TPSA) is 199 Å². The van der Waals surface area contributed by atoms with Crippen LogP contribution in [0.5, 0.6) is 11.5 Å². The molecule has 2 aromatic rings. The van der Waals surface area contributed by atoms with E-state index in [1.807, 2.05) is 12.1 Å². The molecule has 0 unspecified atom stereocenters. The molecule has 12 nitrogen and oxygen atoms in total. The van der Waals surface area contributed by atoms with Crippen molar-refractivity contribution in [2.24, 2.45) is 0 Å². The number of benzene rings is 2. The first-order chi connectivity index (χ1) is 18.7. The van der Waals surface area contributed by atoms with Crippen LogP contribution in [0.3, 0.4) is 0 Å². The first kappa shape index (κ1) is 30.6. The Kier molecular flexibility index (Phi) is 8.79. The van der Waals surface area contributed by atoms with Crippen LogP contribution in [-0.4, -0.2) is 114 Å². The molecule has 0 bridgehead atoms. The van der Waals surface area contributed by atoms with E-state index < -0.39 is 73.6 Å². The number of aryl methyl sites for hydroxylation is 2. The Morgan fingerprint density at radius 2 is 1.02 bits per heavy atom. The molecule has 222 valence electrons.